The first kappa shape index (κ1) is 15.1. The third-order valence-electron chi connectivity index (χ3n) is 4.26. The minimum absolute atomic E-state index is 0.268. The molecule has 1 aliphatic rings. The molecule has 4 heteroatoms. The first-order valence-corrected chi connectivity index (χ1v) is 8.46. The molecule has 3 rings (SSSR count). The normalized spacial score (nSPS) is 22.6. The number of benzene rings is 2. The fraction of sp³-hybridized carbons (Fsp3) is 0.294. The molecule has 0 aliphatic carbocycles. The summed E-state index contributed by atoms with van der Waals surface area (Å²) in [6.45, 7) is 1.02. The maximum Gasteiger partial charge on any atom is 0.119 e. The van der Waals surface area contributed by atoms with Crippen LogP contribution in [0.15, 0.2) is 42.5 Å². The number of phenolic OH excluding ortho intramolecular Hbond substituents is 1. The van der Waals surface area contributed by atoms with Gasteiger partial charge in [0.1, 0.15) is 5.75 Å². The highest BCUT2D eigenvalue weighted by Crippen LogP contribution is 2.46. The second-order valence-corrected chi connectivity index (χ2v) is 7.14. The standard InChI is InChI=1S/C17H17ClINO/c1-20-9-8-12(14-10-11(18)6-7-16(14)21)17(20)13-4-2-3-5-15(13)19/h2-7,10,12,17,21H,8-9H2,1H3/t12-,17+/m0/s1. The van der Waals surface area contributed by atoms with E-state index in [9.17, 15) is 5.11 Å². The van der Waals surface area contributed by atoms with Gasteiger partial charge in [0.05, 0.1) is 0 Å². The summed E-state index contributed by atoms with van der Waals surface area (Å²) in [4.78, 5) is 2.36. The summed E-state index contributed by atoms with van der Waals surface area (Å²) in [6.07, 6.45) is 1.03. The Morgan fingerprint density at radius 3 is 2.71 bits per heavy atom. The van der Waals surface area contributed by atoms with Gasteiger partial charge in [-0.2, -0.15) is 0 Å². The molecular formula is C17H17ClINO. The number of likely N-dealkylation sites (tertiary alicyclic amines) is 1. The van der Waals surface area contributed by atoms with Crippen LogP contribution in [0.2, 0.25) is 5.02 Å². The van der Waals surface area contributed by atoms with Gasteiger partial charge >= 0.3 is 0 Å². The molecule has 0 spiro atoms. The highest BCUT2D eigenvalue weighted by atomic mass is 127. The van der Waals surface area contributed by atoms with Crippen LogP contribution in [-0.2, 0) is 0 Å². The minimum atomic E-state index is 0.268. The summed E-state index contributed by atoms with van der Waals surface area (Å²) in [7, 11) is 2.15. The second kappa shape index (κ2) is 6.15. The van der Waals surface area contributed by atoms with Crippen LogP contribution in [0.3, 0.4) is 0 Å². The largest absolute Gasteiger partial charge is 0.508 e. The van der Waals surface area contributed by atoms with E-state index in [0.29, 0.717) is 10.8 Å². The number of likely N-dealkylation sites (N-methyl/N-ethyl adjacent to an activating group) is 1. The van der Waals surface area contributed by atoms with Crippen molar-refractivity contribution in [2.45, 2.75) is 18.4 Å². The van der Waals surface area contributed by atoms with Crippen molar-refractivity contribution in [1.29, 1.82) is 0 Å². The van der Waals surface area contributed by atoms with Crippen molar-refractivity contribution in [1.82, 2.24) is 4.90 Å². The molecule has 0 unspecified atom stereocenters. The molecule has 1 aliphatic heterocycles. The van der Waals surface area contributed by atoms with Crippen LogP contribution in [0.1, 0.15) is 29.5 Å². The molecule has 1 N–H and O–H groups in total. The van der Waals surface area contributed by atoms with Crippen LogP contribution < -0.4 is 0 Å². The van der Waals surface area contributed by atoms with Crippen molar-refractivity contribution in [3.63, 3.8) is 0 Å². The van der Waals surface area contributed by atoms with Crippen LogP contribution in [0.5, 0.6) is 5.75 Å². The van der Waals surface area contributed by atoms with Gasteiger partial charge in [0, 0.05) is 26.1 Å². The number of nitrogens with zero attached hydrogens (tertiary/aromatic N) is 1. The second-order valence-electron chi connectivity index (χ2n) is 5.55. The quantitative estimate of drug-likeness (QED) is 0.714. The van der Waals surface area contributed by atoms with E-state index in [0.717, 1.165) is 18.5 Å². The molecule has 2 aromatic carbocycles. The fourth-order valence-corrected chi connectivity index (χ4v) is 4.15. The van der Waals surface area contributed by atoms with Gasteiger partial charge in [-0.1, -0.05) is 29.8 Å². The van der Waals surface area contributed by atoms with Crippen molar-refractivity contribution < 1.29 is 5.11 Å². The lowest BCUT2D eigenvalue weighted by Gasteiger charge is -2.27. The Morgan fingerprint density at radius 2 is 1.95 bits per heavy atom. The van der Waals surface area contributed by atoms with Crippen LogP contribution in [0.4, 0.5) is 0 Å². The molecule has 110 valence electrons. The highest BCUT2D eigenvalue weighted by molar-refractivity contribution is 14.1. The molecule has 1 fully saturated rings. The smallest absolute Gasteiger partial charge is 0.119 e. The predicted octanol–water partition coefficient (Wildman–Crippen LogP) is 4.81. The first-order chi connectivity index (χ1) is 10.1. The van der Waals surface area contributed by atoms with Gasteiger partial charge in [-0.15, -0.1) is 0 Å². The van der Waals surface area contributed by atoms with Crippen molar-refractivity contribution in [3.05, 3.63) is 62.2 Å². The maximum absolute atomic E-state index is 10.2. The molecule has 1 heterocycles. The number of hydrogen-bond acceptors (Lipinski definition) is 2. The number of aromatic hydroxyl groups is 1. The van der Waals surface area contributed by atoms with Crippen molar-refractivity contribution in [2.75, 3.05) is 13.6 Å². The predicted molar refractivity (Wildman–Crippen MR) is 95.0 cm³/mol. The van der Waals surface area contributed by atoms with E-state index in [-0.39, 0.29) is 12.0 Å². The van der Waals surface area contributed by atoms with E-state index in [1.807, 2.05) is 6.07 Å². The van der Waals surface area contributed by atoms with Crippen LogP contribution >= 0.6 is 34.2 Å². The van der Waals surface area contributed by atoms with Gasteiger partial charge in [-0.3, -0.25) is 4.90 Å². The summed E-state index contributed by atoms with van der Waals surface area (Å²) in [6, 6.07) is 14.1. The van der Waals surface area contributed by atoms with Crippen LogP contribution in [0.25, 0.3) is 0 Å². The molecule has 0 bridgehead atoms. The van der Waals surface area contributed by atoms with Gasteiger partial charge in [0.15, 0.2) is 0 Å². The Hall–Kier alpha value is -0.780. The Kier molecular flexibility index (Phi) is 4.43. The molecule has 1 saturated heterocycles. The average Bonchev–Trinajstić information content (AvgIpc) is 2.84. The van der Waals surface area contributed by atoms with Gasteiger partial charge in [0.25, 0.3) is 0 Å². The molecule has 0 amide bonds. The molecule has 0 aromatic heterocycles. The SMILES string of the molecule is CN1CC[C@@H](c2cc(Cl)ccc2O)[C@@H]1c1ccccc1I. The van der Waals surface area contributed by atoms with E-state index in [4.69, 9.17) is 11.6 Å². The number of halogens is 2. The Labute approximate surface area is 143 Å². The number of rotatable bonds is 2. The monoisotopic (exact) mass is 413 g/mol. The van der Waals surface area contributed by atoms with Gasteiger partial charge < -0.3 is 5.11 Å². The summed E-state index contributed by atoms with van der Waals surface area (Å²) in [5.41, 5.74) is 2.28. The van der Waals surface area contributed by atoms with E-state index in [2.05, 4.69) is 58.8 Å². The molecule has 0 radical (unpaired) electrons. The first-order valence-electron chi connectivity index (χ1n) is 7.01. The van der Waals surface area contributed by atoms with Crippen molar-refractivity contribution in [3.8, 4) is 5.75 Å². The molecule has 2 atom stereocenters. The van der Waals surface area contributed by atoms with Crippen LogP contribution in [0, 0.1) is 3.57 Å². The van der Waals surface area contributed by atoms with Crippen molar-refractivity contribution >= 4 is 34.2 Å². The van der Waals surface area contributed by atoms with Crippen molar-refractivity contribution in [2.24, 2.45) is 0 Å². The number of phenols is 1. The topological polar surface area (TPSA) is 23.5 Å². The summed E-state index contributed by atoms with van der Waals surface area (Å²) >= 11 is 8.52. The lowest BCUT2D eigenvalue weighted by Crippen LogP contribution is -2.21. The van der Waals surface area contributed by atoms with E-state index in [1.54, 1.807) is 12.1 Å². The molecule has 2 aromatic rings. The van der Waals surface area contributed by atoms with Gasteiger partial charge in [-0.05, 0) is 72.4 Å². The van der Waals surface area contributed by atoms with E-state index < -0.39 is 0 Å². The van der Waals surface area contributed by atoms with Gasteiger partial charge in [0.2, 0.25) is 0 Å². The zero-order valence-electron chi connectivity index (χ0n) is 11.8. The van der Waals surface area contributed by atoms with Gasteiger partial charge in [-0.25, -0.2) is 0 Å². The average molecular weight is 414 g/mol. The third kappa shape index (κ3) is 2.91. The minimum Gasteiger partial charge on any atom is -0.508 e. The number of hydrogen-bond donors (Lipinski definition) is 1. The molecular weight excluding hydrogens is 397 g/mol. The molecule has 2 nitrogen and oxygen atoms in total. The van der Waals surface area contributed by atoms with E-state index in [1.165, 1.54) is 9.13 Å². The third-order valence-corrected chi connectivity index (χ3v) is 5.48. The Bertz CT molecular complexity index is 661. The fourth-order valence-electron chi connectivity index (χ4n) is 3.26. The molecule has 0 saturated carbocycles. The summed E-state index contributed by atoms with van der Waals surface area (Å²) in [5, 5.41) is 10.9. The van der Waals surface area contributed by atoms with Crippen LogP contribution in [-0.4, -0.2) is 23.6 Å². The Morgan fingerprint density at radius 1 is 1.19 bits per heavy atom. The molecule has 21 heavy (non-hydrogen) atoms. The lowest BCUT2D eigenvalue weighted by molar-refractivity contribution is 0.300. The highest BCUT2D eigenvalue weighted by Gasteiger charge is 2.36. The zero-order valence-corrected chi connectivity index (χ0v) is 14.7. The zero-order chi connectivity index (χ0) is 15.0. The lowest BCUT2D eigenvalue weighted by atomic mass is 9.87. The summed E-state index contributed by atoms with van der Waals surface area (Å²) < 4.78 is 1.26. The maximum atomic E-state index is 10.2. The van der Waals surface area contributed by atoms with E-state index >= 15 is 0 Å². The Balaban J connectivity index is 2.06. The summed E-state index contributed by atoms with van der Waals surface area (Å²) in [5.74, 6) is 0.611.